The predicted molar refractivity (Wildman–Crippen MR) is 121 cm³/mol. The van der Waals surface area contributed by atoms with Gasteiger partial charge in [0.1, 0.15) is 30.3 Å². The molecule has 190 valence electrons. The van der Waals surface area contributed by atoms with Gasteiger partial charge in [-0.2, -0.15) is 0 Å². The van der Waals surface area contributed by atoms with Crippen molar-refractivity contribution in [3.05, 3.63) is 48.0 Å². The van der Waals surface area contributed by atoms with Gasteiger partial charge in [0.25, 0.3) is 0 Å². The maximum atomic E-state index is 15.0. The van der Waals surface area contributed by atoms with E-state index < -0.39 is 54.3 Å². The van der Waals surface area contributed by atoms with Crippen LogP contribution in [0.2, 0.25) is 0 Å². The number of nitrogens with zero attached hydrogens (tertiary/aromatic N) is 2. The van der Waals surface area contributed by atoms with Crippen molar-refractivity contribution in [2.24, 2.45) is 5.73 Å². The third-order valence-electron chi connectivity index (χ3n) is 5.67. The van der Waals surface area contributed by atoms with Crippen LogP contribution in [0.25, 0.3) is 11.1 Å². The third kappa shape index (κ3) is 5.20. The highest BCUT2D eigenvalue weighted by molar-refractivity contribution is 5.94. The second kappa shape index (κ2) is 10.2. The number of ether oxygens (including phenoxy) is 2. The predicted octanol–water partition coefficient (Wildman–Crippen LogP) is 1.83. The number of nitrogens with one attached hydrogen (secondary N) is 1. The Morgan fingerprint density at radius 2 is 1.44 bits per heavy atom. The molecular formula is C23H22F2N4O7. The van der Waals surface area contributed by atoms with Gasteiger partial charge >= 0.3 is 18.2 Å². The molecule has 2 atom stereocenters. The van der Waals surface area contributed by atoms with Crippen LogP contribution in [0.1, 0.15) is 6.42 Å². The molecule has 2 saturated heterocycles. The van der Waals surface area contributed by atoms with E-state index in [2.05, 4.69) is 5.32 Å². The van der Waals surface area contributed by atoms with Crippen molar-refractivity contribution >= 4 is 35.4 Å². The zero-order valence-electron chi connectivity index (χ0n) is 18.8. The summed E-state index contributed by atoms with van der Waals surface area (Å²) in [4.78, 5) is 48.6. The lowest BCUT2D eigenvalue weighted by Gasteiger charge is -2.16. The molecule has 3 amide bonds. The largest absolute Gasteiger partial charge is 0.481 e. The van der Waals surface area contributed by atoms with Crippen LogP contribution in [-0.2, 0) is 19.1 Å². The number of carboxylic acids is 1. The fourth-order valence-corrected chi connectivity index (χ4v) is 3.90. The van der Waals surface area contributed by atoms with E-state index in [-0.39, 0.29) is 48.7 Å². The number of amides is 3. The molecular weight excluding hydrogens is 482 g/mol. The van der Waals surface area contributed by atoms with Gasteiger partial charge in [0.05, 0.1) is 31.0 Å². The summed E-state index contributed by atoms with van der Waals surface area (Å²) in [6.07, 6.45) is -3.40. The summed E-state index contributed by atoms with van der Waals surface area (Å²) in [5.74, 6) is -3.59. The van der Waals surface area contributed by atoms with Crippen LogP contribution in [0.3, 0.4) is 0 Å². The molecule has 0 bridgehead atoms. The molecule has 0 unspecified atom stereocenters. The molecule has 2 aromatic rings. The highest BCUT2D eigenvalue weighted by Gasteiger charge is 2.34. The average molecular weight is 504 g/mol. The Hall–Kier alpha value is -4.26. The molecule has 4 N–H and O–H groups in total. The maximum Gasteiger partial charge on any atom is 0.414 e. The summed E-state index contributed by atoms with van der Waals surface area (Å²) in [6, 6.07) is 7.69. The second-order valence-electron chi connectivity index (χ2n) is 8.17. The Balaban J connectivity index is 1.46. The van der Waals surface area contributed by atoms with Gasteiger partial charge < -0.3 is 25.6 Å². The smallest absolute Gasteiger partial charge is 0.414 e. The van der Waals surface area contributed by atoms with Gasteiger partial charge in [0.15, 0.2) is 0 Å². The van der Waals surface area contributed by atoms with Gasteiger partial charge in [0, 0.05) is 17.7 Å². The van der Waals surface area contributed by atoms with Gasteiger partial charge in [0.2, 0.25) is 5.91 Å². The molecule has 11 nitrogen and oxygen atoms in total. The lowest BCUT2D eigenvalue weighted by atomic mass is 10.0. The molecule has 2 heterocycles. The normalized spacial score (nSPS) is 19.3. The molecule has 0 saturated carbocycles. The molecule has 0 spiro atoms. The van der Waals surface area contributed by atoms with Gasteiger partial charge in [-0.25, -0.2) is 18.4 Å². The highest BCUT2D eigenvalue weighted by atomic mass is 19.1. The minimum atomic E-state index is -1.29. The first-order valence-corrected chi connectivity index (χ1v) is 10.9. The number of hydrogen-bond acceptors (Lipinski definition) is 7. The van der Waals surface area contributed by atoms with E-state index in [1.807, 2.05) is 0 Å². The van der Waals surface area contributed by atoms with Gasteiger partial charge in [-0.15, -0.1) is 0 Å². The lowest BCUT2D eigenvalue weighted by Crippen LogP contribution is -2.35. The monoisotopic (exact) mass is 504 g/mol. The fourth-order valence-electron chi connectivity index (χ4n) is 3.90. The first-order valence-electron chi connectivity index (χ1n) is 10.9. The van der Waals surface area contributed by atoms with Crippen LogP contribution < -0.4 is 20.9 Å². The van der Waals surface area contributed by atoms with Crippen molar-refractivity contribution in [3.63, 3.8) is 0 Å². The van der Waals surface area contributed by atoms with E-state index in [0.29, 0.717) is 0 Å². The highest BCUT2D eigenvalue weighted by Crippen LogP contribution is 2.33. The van der Waals surface area contributed by atoms with Crippen LogP contribution >= 0.6 is 0 Å². The minimum absolute atomic E-state index is 0.0102. The summed E-state index contributed by atoms with van der Waals surface area (Å²) in [7, 11) is 0. The van der Waals surface area contributed by atoms with E-state index in [0.717, 1.165) is 17.0 Å². The van der Waals surface area contributed by atoms with E-state index >= 15 is 0 Å². The van der Waals surface area contributed by atoms with Crippen LogP contribution in [0.4, 0.5) is 29.7 Å². The molecule has 2 fully saturated rings. The summed E-state index contributed by atoms with van der Waals surface area (Å²) in [5.41, 5.74) is 5.81. The van der Waals surface area contributed by atoms with Crippen molar-refractivity contribution in [3.8, 4) is 11.1 Å². The number of cyclic esters (lactones) is 2. The Morgan fingerprint density at radius 1 is 0.944 bits per heavy atom. The number of rotatable bonds is 8. The Morgan fingerprint density at radius 3 is 1.89 bits per heavy atom. The molecule has 36 heavy (non-hydrogen) atoms. The summed E-state index contributed by atoms with van der Waals surface area (Å²) < 4.78 is 40.1. The number of carboxylic acid groups (broad SMARTS) is 1. The number of nitrogens with two attached hydrogens (primary N) is 1. The second-order valence-corrected chi connectivity index (χ2v) is 8.17. The summed E-state index contributed by atoms with van der Waals surface area (Å²) in [6.45, 7) is 0.186. The van der Waals surface area contributed by atoms with Crippen molar-refractivity contribution in [1.82, 2.24) is 5.32 Å². The molecule has 13 heteroatoms. The zero-order chi connectivity index (χ0) is 26.0. The van der Waals surface area contributed by atoms with Gasteiger partial charge in [-0.05, 0) is 36.4 Å². The molecule has 2 aliphatic rings. The molecule has 2 aromatic carbocycles. The van der Waals surface area contributed by atoms with Gasteiger partial charge in [-0.1, -0.05) is 0 Å². The SMILES string of the molecule is NC[C@H]1CN(c2ccc(-c3ccc(N4C[C@H](CNC(=O)CC(=O)O)OC4=O)cc3F)c(F)c2)C(=O)O1. The van der Waals surface area contributed by atoms with Crippen molar-refractivity contribution < 1.29 is 42.5 Å². The minimum Gasteiger partial charge on any atom is -0.481 e. The molecule has 0 radical (unpaired) electrons. The number of hydrogen-bond donors (Lipinski definition) is 3. The van der Waals surface area contributed by atoms with Gasteiger partial charge in [-0.3, -0.25) is 19.4 Å². The number of aliphatic carboxylic acids is 1. The quantitative estimate of drug-likeness (QED) is 0.461. The first-order chi connectivity index (χ1) is 17.2. The molecule has 4 rings (SSSR count). The Labute approximate surface area is 203 Å². The lowest BCUT2D eigenvalue weighted by molar-refractivity contribution is -0.140. The van der Waals surface area contributed by atoms with E-state index in [9.17, 15) is 28.0 Å². The summed E-state index contributed by atoms with van der Waals surface area (Å²) >= 11 is 0. The molecule has 0 aromatic heterocycles. The number of carbonyl (C=O) groups excluding carboxylic acids is 3. The Bertz CT molecular complexity index is 1220. The number of carbonyl (C=O) groups is 4. The van der Waals surface area contributed by atoms with Crippen LogP contribution in [0.5, 0.6) is 0 Å². The number of benzene rings is 2. The van der Waals surface area contributed by atoms with Crippen molar-refractivity contribution in [1.29, 1.82) is 0 Å². The van der Waals surface area contributed by atoms with Crippen LogP contribution in [-0.4, -0.2) is 67.6 Å². The number of anilines is 2. The fraction of sp³-hybridized carbons (Fsp3) is 0.304. The van der Waals surface area contributed by atoms with E-state index in [1.54, 1.807) is 0 Å². The number of halogens is 2. The standard InChI is InChI=1S/C23H22F2N4O7/c24-18-5-12(28-10-14(8-26)35-22(28)33)1-3-16(18)17-4-2-13(6-19(17)25)29-11-15(36-23(29)34)9-27-20(30)7-21(31)32/h1-6,14-15H,7-11,26H2,(H,27,30)(H,31,32)/t14-,15-/m0/s1. The molecule has 2 aliphatic heterocycles. The zero-order valence-corrected chi connectivity index (χ0v) is 18.8. The van der Waals surface area contributed by atoms with Crippen molar-refractivity contribution in [2.45, 2.75) is 18.6 Å². The van der Waals surface area contributed by atoms with E-state index in [4.69, 9.17) is 20.3 Å². The Kier molecular flexibility index (Phi) is 7.01. The third-order valence-corrected chi connectivity index (χ3v) is 5.67. The van der Waals surface area contributed by atoms with Crippen molar-refractivity contribution in [2.75, 3.05) is 36.0 Å². The maximum absolute atomic E-state index is 15.0. The summed E-state index contributed by atoms with van der Waals surface area (Å²) in [5, 5.41) is 11.0. The molecule has 0 aliphatic carbocycles. The van der Waals surface area contributed by atoms with Crippen LogP contribution in [0, 0.1) is 11.6 Å². The topological polar surface area (TPSA) is 152 Å². The van der Waals surface area contributed by atoms with Crippen LogP contribution in [0.15, 0.2) is 36.4 Å². The average Bonchev–Trinajstić information content (AvgIpc) is 3.39. The first kappa shape index (κ1) is 24.9. The van der Waals surface area contributed by atoms with E-state index in [1.165, 1.54) is 29.2 Å².